The molecular weight excluding hydrogens is 270 g/mol. The zero-order valence-corrected chi connectivity index (χ0v) is 12.4. The summed E-state index contributed by atoms with van der Waals surface area (Å²) in [6.45, 7) is 1.71. The normalized spacial score (nSPS) is 10.4. The number of hydrogen-bond acceptors (Lipinski definition) is 4. The minimum Gasteiger partial charge on any atom is -0.469 e. The minimum absolute atomic E-state index is 0.198. The Labute approximate surface area is 123 Å². The molecule has 1 aromatic heterocycles. The monoisotopic (exact) mass is 289 g/mol. The second-order valence-corrected chi connectivity index (χ2v) is 5.36. The van der Waals surface area contributed by atoms with Crippen molar-refractivity contribution in [2.24, 2.45) is 0 Å². The van der Waals surface area contributed by atoms with Crippen molar-refractivity contribution in [1.82, 2.24) is 5.32 Å². The van der Waals surface area contributed by atoms with Gasteiger partial charge in [-0.2, -0.15) is 11.3 Å². The average molecular weight is 289 g/mol. The second kappa shape index (κ2) is 7.82. The van der Waals surface area contributed by atoms with Gasteiger partial charge in [0.25, 0.3) is 0 Å². The van der Waals surface area contributed by atoms with Crippen LogP contribution in [0.5, 0.6) is 0 Å². The van der Waals surface area contributed by atoms with Gasteiger partial charge in [0.15, 0.2) is 0 Å². The molecule has 0 bridgehead atoms. The summed E-state index contributed by atoms with van der Waals surface area (Å²) in [5.41, 5.74) is 3.55. The number of methoxy groups -OCH3 is 1. The van der Waals surface area contributed by atoms with Crippen molar-refractivity contribution in [2.75, 3.05) is 13.7 Å². The Bertz CT molecular complexity index is 537. The van der Waals surface area contributed by atoms with Crippen LogP contribution in [0.15, 0.2) is 41.1 Å². The van der Waals surface area contributed by atoms with E-state index in [4.69, 9.17) is 4.74 Å². The molecule has 1 aromatic carbocycles. The van der Waals surface area contributed by atoms with Crippen molar-refractivity contribution in [3.8, 4) is 0 Å². The summed E-state index contributed by atoms with van der Waals surface area (Å²) < 4.78 is 4.73. The molecule has 4 heteroatoms. The first kappa shape index (κ1) is 14.8. The lowest BCUT2D eigenvalue weighted by Crippen LogP contribution is -2.18. The highest BCUT2D eigenvalue weighted by atomic mass is 32.1. The summed E-state index contributed by atoms with van der Waals surface area (Å²) in [4.78, 5) is 11.4. The number of carbonyl (C=O) groups excluding carboxylic acids is 1. The van der Waals surface area contributed by atoms with Gasteiger partial charge < -0.3 is 10.1 Å². The molecule has 0 aliphatic rings. The Balaban J connectivity index is 1.84. The van der Waals surface area contributed by atoms with E-state index in [1.807, 2.05) is 18.2 Å². The Morgan fingerprint density at radius 3 is 2.75 bits per heavy atom. The van der Waals surface area contributed by atoms with E-state index in [9.17, 15) is 4.79 Å². The number of rotatable bonds is 7. The molecule has 2 aromatic rings. The van der Waals surface area contributed by atoms with Crippen molar-refractivity contribution < 1.29 is 9.53 Å². The fourth-order valence-corrected chi connectivity index (χ4v) is 2.72. The second-order valence-electron chi connectivity index (χ2n) is 4.58. The third kappa shape index (κ3) is 4.47. The molecule has 1 heterocycles. The highest BCUT2D eigenvalue weighted by Crippen LogP contribution is 2.10. The van der Waals surface area contributed by atoms with Gasteiger partial charge >= 0.3 is 5.97 Å². The van der Waals surface area contributed by atoms with Crippen LogP contribution in [0.4, 0.5) is 0 Å². The Morgan fingerprint density at radius 1 is 1.25 bits per heavy atom. The molecule has 3 nitrogen and oxygen atoms in total. The fourth-order valence-electron chi connectivity index (χ4n) is 2.02. The summed E-state index contributed by atoms with van der Waals surface area (Å²) in [6, 6.07) is 10.1. The Hall–Kier alpha value is -1.65. The topological polar surface area (TPSA) is 38.3 Å². The minimum atomic E-state index is -0.198. The molecule has 0 saturated heterocycles. The lowest BCUT2D eigenvalue weighted by Gasteiger charge is -2.09. The zero-order chi connectivity index (χ0) is 14.2. The Kier molecular flexibility index (Phi) is 5.77. The van der Waals surface area contributed by atoms with E-state index in [2.05, 4.69) is 28.2 Å². The van der Waals surface area contributed by atoms with Crippen molar-refractivity contribution in [2.45, 2.75) is 19.4 Å². The first-order valence-electron chi connectivity index (χ1n) is 6.65. The van der Waals surface area contributed by atoms with Crippen LogP contribution in [-0.2, 0) is 28.9 Å². The van der Waals surface area contributed by atoms with Crippen LogP contribution in [0.1, 0.15) is 16.7 Å². The van der Waals surface area contributed by atoms with E-state index in [0.29, 0.717) is 6.42 Å². The van der Waals surface area contributed by atoms with Crippen LogP contribution in [0.3, 0.4) is 0 Å². The van der Waals surface area contributed by atoms with Gasteiger partial charge in [-0.25, -0.2) is 0 Å². The number of carbonyl (C=O) groups is 1. The summed E-state index contributed by atoms with van der Waals surface area (Å²) in [6.07, 6.45) is 1.36. The SMILES string of the molecule is COC(=O)Cc1ccccc1CNCCc1ccsc1. The molecule has 0 fully saturated rings. The standard InChI is InChI=1S/C16H19NO2S/c1-19-16(18)10-14-4-2-3-5-15(14)11-17-8-6-13-7-9-20-12-13/h2-5,7,9,12,17H,6,8,10-11H2,1H3. The van der Waals surface area contributed by atoms with Crippen molar-refractivity contribution in [3.05, 3.63) is 57.8 Å². The number of thiophene rings is 1. The molecule has 106 valence electrons. The third-order valence-corrected chi connectivity index (χ3v) is 3.90. The van der Waals surface area contributed by atoms with Crippen molar-refractivity contribution in [3.63, 3.8) is 0 Å². The summed E-state index contributed by atoms with van der Waals surface area (Å²) in [5.74, 6) is -0.198. The third-order valence-electron chi connectivity index (χ3n) is 3.17. The predicted molar refractivity (Wildman–Crippen MR) is 81.9 cm³/mol. The number of benzene rings is 1. The van der Waals surface area contributed by atoms with Gasteiger partial charge in [-0.3, -0.25) is 4.79 Å². The molecule has 0 saturated carbocycles. The first-order valence-corrected chi connectivity index (χ1v) is 7.59. The van der Waals surface area contributed by atoms with Crippen LogP contribution in [0.25, 0.3) is 0 Å². The summed E-state index contributed by atoms with van der Waals surface area (Å²) in [7, 11) is 1.42. The van der Waals surface area contributed by atoms with Crippen LogP contribution in [-0.4, -0.2) is 19.6 Å². The van der Waals surface area contributed by atoms with E-state index in [-0.39, 0.29) is 5.97 Å². The van der Waals surface area contributed by atoms with E-state index in [0.717, 1.165) is 30.6 Å². The van der Waals surface area contributed by atoms with Crippen molar-refractivity contribution >= 4 is 17.3 Å². The molecule has 1 N–H and O–H groups in total. The molecule has 2 rings (SSSR count). The maximum absolute atomic E-state index is 11.4. The largest absolute Gasteiger partial charge is 0.469 e. The Morgan fingerprint density at radius 2 is 2.05 bits per heavy atom. The molecule has 0 atom stereocenters. The highest BCUT2D eigenvalue weighted by molar-refractivity contribution is 7.07. The highest BCUT2D eigenvalue weighted by Gasteiger charge is 2.07. The van der Waals surface area contributed by atoms with Crippen LogP contribution < -0.4 is 5.32 Å². The molecule has 0 unspecified atom stereocenters. The molecular formula is C16H19NO2S. The van der Waals surface area contributed by atoms with E-state index in [1.165, 1.54) is 12.7 Å². The molecule has 0 radical (unpaired) electrons. The van der Waals surface area contributed by atoms with E-state index in [1.54, 1.807) is 11.3 Å². The van der Waals surface area contributed by atoms with E-state index >= 15 is 0 Å². The fraction of sp³-hybridized carbons (Fsp3) is 0.312. The van der Waals surface area contributed by atoms with Gasteiger partial charge in [0.1, 0.15) is 0 Å². The van der Waals surface area contributed by atoms with Gasteiger partial charge in [-0.05, 0) is 46.5 Å². The number of nitrogens with one attached hydrogen (secondary N) is 1. The van der Waals surface area contributed by atoms with Crippen LogP contribution in [0, 0.1) is 0 Å². The van der Waals surface area contributed by atoms with Gasteiger partial charge in [0, 0.05) is 6.54 Å². The molecule has 20 heavy (non-hydrogen) atoms. The van der Waals surface area contributed by atoms with Gasteiger partial charge in [0.2, 0.25) is 0 Å². The van der Waals surface area contributed by atoms with Gasteiger partial charge in [0.05, 0.1) is 13.5 Å². The maximum atomic E-state index is 11.4. The number of esters is 1. The maximum Gasteiger partial charge on any atom is 0.309 e. The van der Waals surface area contributed by atoms with Gasteiger partial charge in [-0.15, -0.1) is 0 Å². The lowest BCUT2D eigenvalue weighted by atomic mass is 10.0. The summed E-state index contributed by atoms with van der Waals surface area (Å²) >= 11 is 1.73. The zero-order valence-electron chi connectivity index (χ0n) is 11.6. The van der Waals surface area contributed by atoms with Crippen LogP contribution in [0.2, 0.25) is 0 Å². The quantitative estimate of drug-likeness (QED) is 0.629. The number of ether oxygens (including phenoxy) is 1. The molecule has 0 aliphatic heterocycles. The van der Waals surface area contributed by atoms with Crippen LogP contribution >= 0.6 is 11.3 Å². The first-order chi connectivity index (χ1) is 9.79. The molecule has 0 amide bonds. The molecule has 0 spiro atoms. The lowest BCUT2D eigenvalue weighted by molar-refractivity contribution is -0.139. The number of hydrogen-bond donors (Lipinski definition) is 1. The predicted octanol–water partition coefficient (Wildman–Crippen LogP) is 2.80. The summed E-state index contributed by atoms with van der Waals surface area (Å²) in [5, 5.41) is 7.70. The molecule has 0 aliphatic carbocycles. The van der Waals surface area contributed by atoms with E-state index < -0.39 is 0 Å². The van der Waals surface area contributed by atoms with Gasteiger partial charge in [-0.1, -0.05) is 24.3 Å². The van der Waals surface area contributed by atoms with Crippen molar-refractivity contribution in [1.29, 1.82) is 0 Å². The average Bonchev–Trinajstić information content (AvgIpc) is 2.98. The smallest absolute Gasteiger partial charge is 0.309 e.